The largest absolute Gasteiger partial charge is 0.462 e. The summed E-state index contributed by atoms with van der Waals surface area (Å²) in [7, 11) is -3.05. The molecule has 2 rings (SSSR count). The van der Waals surface area contributed by atoms with Crippen molar-refractivity contribution in [3.8, 4) is 0 Å². The molecule has 1 aliphatic rings. The molecule has 8 heteroatoms. The van der Waals surface area contributed by atoms with Gasteiger partial charge in [-0.1, -0.05) is 0 Å². The lowest BCUT2D eigenvalue weighted by Gasteiger charge is -2.27. The number of esters is 1. The van der Waals surface area contributed by atoms with Gasteiger partial charge in [0.2, 0.25) is 0 Å². The minimum atomic E-state index is -3.05. The normalized spacial score (nSPS) is 18.8. The third-order valence-corrected chi connectivity index (χ3v) is 5.65. The van der Waals surface area contributed by atoms with Crippen molar-refractivity contribution >= 4 is 27.5 Å². The van der Waals surface area contributed by atoms with Crippen molar-refractivity contribution in [2.75, 3.05) is 30.0 Å². The van der Waals surface area contributed by atoms with Crippen molar-refractivity contribution in [1.29, 1.82) is 0 Å². The highest BCUT2D eigenvalue weighted by Crippen LogP contribution is 2.19. The molecule has 1 aromatic carbocycles. The molecule has 0 spiro atoms. The minimum absolute atomic E-state index is 0.00998. The van der Waals surface area contributed by atoms with E-state index in [1.807, 2.05) is 6.92 Å². The molecule has 0 aromatic heterocycles. The van der Waals surface area contributed by atoms with Crippen molar-refractivity contribution < 1.29 is 22.7 Å². The quantitative estimate of drug-likeness (QED) is 0.815. The molecule has 1 atom stereocenters. The van der Waals surface area contributed by atoms with Gasteiger partial charge in [0.15, 0.2) is 9.84 Å². The molecule has 1 fully saturated rings. The Balaban J connectivity index is 2.01. The van der Waals surface area contributed by atoms with E-state index in [2.05, 4.69) is 5.32 Å². The molecule has 0 bridgehead atoms. The number of rotatable bonds is 5. The number of carbonyl (C=O) groups excluding carboxylic acids is 2. The lowest BCUT2D eigenvalue weighted by atomic mass is 10.2. The van der Waals surface area contributed by atoms with E-state index < -0.39 is 15.8 Å². The van der Waals surface area contributed by atoms with Gasteiger partial charge in [-0.05, 0) is 44.5 Å². The fourth-order valence-corrected chi connectivity index (χ4v) is 4.42. The number of hydrogen-bond donors (Lipinski definition) is 1. The summed E-state index contributed by atoms with van der Waals surface area (Å²) in [5.74, 6) is -0.284. The molecule has 7 nitrogen and oxygen atoms in total. The molecule has 0 aliphatic carbocycles. The van der Waals surface area contributed by atoms with Crippen LogP contribution in [0.15, 0.2) is 24.3 Å². The molecule has 2 amide bonds. The number of benzene rings is 1. The molecule has 1 aliphatic heterocycles. The van der Waals surface area contributed by atoms with Crippen LogP contribution in [0.25, 0.3) is 0 Å². The summed E-state index contributed by atoms with van der Waals surface area (Å²) in [6.45, 7) is 4.27. The average molecular weight is 354 g/mol. The summed E-state index contributed by atoms with van der Waals surface area (Å²) in [5.41, 5.74) is 0.941. The van der Waals surface area contributed by atoms with Gasteiger partial charge >= 0.3 is 12.0 Å². The molecule has 132 valence electrons. The Hall–Kier alpha value is -2.09. The monoisotopic (exact) mass is 354 g/mol. The van der Waals surface area contributed by atoms with Crippen LogP contribution in [0.5, 0.6) is 0 Å². The van der Waals surface area contributed by atoms with Gasteiger partial charge in [0.25, 0.3) is 0 Å². The lowest BCUT2D eigenvalue weighted by Crippen LogP contribution is -2.43. The average Bonchev–Trinajstić information content (AvgIpc) is 2.88. The van der Waals surface area contributed by atoms with Crippen LogP contribution < -0.4 is 5.32 Å². The molecule has 1 aromatic rings. The molecule has 1 N–H and O–H groups in total. The Kier molecular flexibility index (Phi) is 5.82. The second kappa shape index (κ2) is 7.65. The molecule has 0 radical (unpaired) electrons. The molecule has 1 heterocycles. The topological polar surface area (TPSA) is 92.8 Å². The van der Waals surface area contributed by atoms with Gasteiger partial charge in [0, 0.05) is 18.3 Å². The number of amides is 2. The fraction of sp³-hybridized carbons (Fsp3) is 0.500. The zero-order valence-corrected chi connectivity index (χ0v) is 14.6. The number of carbonyl (C=O) groups is 2. The van der Waals surface area contributed by atoms with E-state index >= 15 is 0 Å². The van der Waals surface area contributed by atoms with E-state index in [-0.39, 0.29) is 23.6 Å². The minimum Gasteiger partial charge on any atom is -0.462 e. The van der Waals surface area contributed by atoms with E-state index in [0.29, 0.717) is 30.8 Å². The molecule has 0 saturated carbocycles. The Bertz CT molecular complexity index is 700. The highest BCUT2D eigenvalue weighted by Gasteiger charge is 2.33. The van der Waals surface area contributed by atoms with Gasteiger partial charge in [0.1, 0.15) is 0 Å². The predicted octanol–water partition coefficient (Wildman–Crippen LogP) is 1.90. The van der Waals surface area contributed by atoms with Crippen LogP contribution in [0.3, 0.4) is 0 Å². The van der Waals surface area contributed by atoms with Crippen LogP contribution >= 0.6 is 0 Å². The summed E-state index contributed by atoms with van der Waals surface area (Å²) in [6.07, 6.45) is 0.464. The van der Waals surface area contributed by atoms with Gasteiger partial charge in [-0.15, -0.1) is 0 Å². The second-order valence-electron chi connectivity index (χ2n) is 5.57. The van der Waals surface area contributed by atoms with Crippen LogP contribution in [0.2, 0.25) is 0 Å². The van der Waals surface area contributed by atoms with Crippen molar-refractivity contribution in [2.45, 2.75) is 26.3 Å². The first-order valence-corrected chi connectivity index (χ1v) is 9.73. The van der Waals surface area contributed by atoms with E-state index in [9.17, 15) is 18.0 Å². The number of nitrogens with one attached hydrogen (secondary N) is 1. The highest BCUT2D eigenvalue weighted by atomic mass is 32.2. The van der Waals surface area contributed by atoms with Gasteiger partial charge < -0.3 is 15.0 Å². The van der Waals surface area contributed by atoms with Crippen LogP contribution in [0, 0.1) is 0 Å². The smallest absolute Gasteiger partial charge is 0.338 e. The molecular formula is C16H22N2O5S. The Morgan fingerprint density at radius 2 is 1.92 bits per heavy atom. The Labute approximate surface area is 141 Å². The maximum Gasteiger partial charge on any atom is 0.338 e. The van der Waals surface area contributed by atoms with Crippen LogP contribution in [0.1, 0.15) is 30.6 Å². The number of hydrogen-bond acceptors (Lipinski definition) is 5. The summed E-state index contributed by atoms with van der Waals surface area (Å²) in [5, 5.41) is 2.74. The molecule has 1 unspecified atom stereocenters. The summed E-state index contributed by atoms with van der Waals surface area (Å²) < 4.78 is 28.1. The van der Waals surface area contributed by atoms with Crippen molar-refractivity contribution in [3.63, 3.8) is 0 Å². The van der Waals surface area contributed by atoms with E-state index in [0.717, 1.165) is 0 Å². The summed E-state index contributed by atoms with van der Waals surface area (Å²) in [6, 6.07) is 5.74. The number of sulfone groups is 1. The first-order chi connectivity index (χ1) is 11.4. The number of anilines is 1. The number of ether oxygens (including phenoxy) is 1. The zero-order chi connectivity index (χ0) is 17.7. The fourth-order valence-electron chi connectivity index (χ4n) is 2.69. The number of nitrogens with zero attached hydrogens (tertiary/aromatic N) is 1. The predicted molar refractivity (Wildman–Crippen MR) is 90.9 cm³/mol. The van der Waals surface area contributed by atoms with E-state index in [4.69, 9.17) is 4.74 Å². The standard InChI is InChI=1S/C16H22N2O5S/c1-3-18(14-9-10-24(21,22)11-14)16(20)17-13-7-5-12(6-8-13)15(19)23-4-2/h5-8,14H,3-4,9-11H2,1-2H3,(H,17,20). The third kappa shape index (κ3) is 4.47. The summed E-state index contributed by atoms with van der Waals surface area (Å²) in [4.78, 5) is 25.5. The van der Waals surface area contributed by atoms with Crippen LogP contribution in [-0.4, -0.2) is 56.0 Å². The van der Waals surface area contributed by atoms with Crippen LogP contribution in [-0.2, 0) is 14.6 Å². The zero-order valence-electron chi connectivity index (χ0n) is 13.8. The molecule has 24 heavy (non-hydrogen) atoms. The second-order valence-corrected chi connectivity index (χ2v) is 7.80. The highest BCUT2D eigenvalue weighted by molar-refractivity contribution is 7.91. The van der Waals surface area contributed by atoms with Gasteiger partial charge in [0.05, 0.1) is 23.7 Å². The summed E-state index contributed by atoms with van der Waals surface area (Å²) >= 11 is 0. The number of urea groups is 1. The molecule has 1 saturated heterocycles. The lowest BCUT2D eigenvalue weighted by molar-refractivity contribution is 0.0526. The van der Waals surface area contributed by atoms with Crippen molar-refractivity contribution in [2.24, 2.45) is 0 Å². The van der Waals surface area contributed by atoms with Gasteiger partial charge in [-0.2, -0.15) is 0 Å². The van der Waals surface area contributed by atoms with Gasteiger partial charge in [-0.25, -0.2) is 18.0 Å². The van der Waals surface area contributed by atoms with Crippen LogP contribution in [0.4, 0.5) is 10.5 Å². The molecular weight excluding hydrogens is 332 g/mol. The van der Waals surface area contributed by atoms with Gasteiger partial charge in [-0.3, -0.25) is 0 Å². The maximum atomic E-state index is 12.4. The first kappa shape index (κ1) is 18.3. The van der Waals surface area contributed by atoms with Crippen molar-refractivity contribution in [1.82, 2.24) is 4.90 Å². The van der Waals surface area contributed by atoms with Crippen molar-refractivity contribution in [3.05, 3.63) is 29.8 Å². The third-order valence-electron chi connectivity index (χ3n) is 3.90. The SMILES string of the molecule is CCOC(=O)c1ccc(NC(=O)N(CC)C2CCS(=O)(=O)C2)cc1. The van der Waals surface area contributed by atoms with E-state index in [1.54, 1.807) is 31.2 Å². The first-order valence-electron chi connectivity index (χ1n) is 7.91. The van der Waals surface area contributed by atoms with E-state index in [1.165, 1.54) is 4.90 Å². The Morgan fingerprint density at radius 1 is 1.25 bits per heavy atom. The maximum absolute atomic E-state index is 12.4. The Morgan fingerprint density at radius 3 is 2.42 bits per heavy atom.